The number of hydrogen-bond acceptors (Lipinski definition) is 8. The molecular formula is C36H47N5O7. The van der Waals surface area contributed by atoms with Gasteiger partial charge in [-0.25, -0.2) is 4.79 Å². The van der Waals surface area contributed by atoms with Crippen LogP contribution in [0.3, 0.4) is 0 Å². The number of aromatic nitrogens is 1. The smallest absolute Gasteiger partial charge is 0.321 e. The van der Waals surface area contributed by atoms with Gasteiger partial charge in [0, 0.05) is 62.0 Å². The molecule has 4 rings (SSSR count). The third kappa shape index (κ3) is 9.91. The highest BCUT2D eigenvalue weighted by Gasteiger charge is 2.31. The van der Waals surface area contributed by atoms with Gasteiger partial charge in [-0.15, -0.1) is 0 Å². The third-order valence-corrected chi connectivity index (χ3v) is 8.39. The van der Waals surface area contributed by atoms with Gasteiger partial charge in [-0.3, -0.25) is 14.6 Å². The average Bonchev–Trinajstić information content (AvgIpc) is 3.10. The maximum Gasteiger partial charge on any atom is 0.321 e. The molecule has 48 heavy (non-hydrogen) atoms. The van der Waals surface area contributed by atoms with Crippen molar-refractivity contribution in [2.75, 3.05) is 51.1 Å². The number of fused-ring (bicyclic) bond motifs is 1. The quantitative estimate of drug-likeness (QED) is 0.295. The SMILES string of the molecule is COc1ccc(NC(=O)N(C)C[C@H]2OCCCC[C@@H](C)Oc3ccc(NC(=O)c4ccncc4)cc3C(=O)N([C@H](C)CO)C[C@H]2C)cc1. The van der Waals surface area contributed by atoms with Gasteiger partial charge in [0.05, 0.1) is 37.5 Å². The molecule has 258 valence electrons. The van der Waals surface area contributed by atoms with E-state index in [1.807, 2.05) is 13.8 Å². The predicted octanol–water partition coefficient (Wildman–Crippen LogP) is 5.30. The highest BCUT2D eigenvalue weighted by atomic mass is 16.5. The number of pyridine rings is 1. The molecule has 1 aliphatic heterocycles. The van der Waals surface area contributed by atoms with Gasteiger partial charge in [-0.2, -0.15) is 0 Å². The lowest BCUT2D eigenvalue weighted by Gasteiger charge is -2.35. The predicted molar refractivity (Wildman–Crippen MR) is 184 cm³/mol. The summed E-state index contributed by atoms with van der Waals surface area (Å²) in [5.41, 5.74) is 1.76. The van der Waals surface area contributed by atoms with Crippen LogP contribution in [-0.4, -0.2) is 96.4 Å². The number of benzene rings is 2. The lowest BCUT2D eigenvalue weighted by atomic mass is 10.0. The number of rotatable bonds is 8. The van der Waals surface area contributed by atoms with Crippen LogP contribution in [0.25, 0.3) is 0 Å². The van der Waals surface area contributed by atoms with Crippen molar-refractivity contribution in [3.63, 3.8) is 0 Å². The molecule has 2 heterocycles. The Labute approximate surface area is 282 Å². The molecule has 1 aliphatic rings. The van der Waals surface area contributed by atoms with Crippen molar-refractivity contribution in [3.8, 4) is 11.5 Å². The molecule has 4 atom stereocenters. The van der Waals surface area contributed by atoms with Crippen molar-refractivity contribution in [2.24, 2.45) is 5.92 Å². The monoisotopic (exact) mass is 661 g/mol. The van der Waals surface area contributed by atoms with E-state index in [0.717, 1.165) is 19.3 Å². The van der Waals surface area contributed by atoms with E-state index in [0.29, 0.717) is 35.0 Å². The highest BCUT2D eigenvalue weighted by molar-refractivity contribution is 6.05. The van der Waals surface area contributed by atoms with E-state index in [-0.39, 0.29) is 55.1 Å². The number of anilines is 2. The normalized spacial score (nSPS) is 19.6. The van der Waals surface area contributed by atoms with Crippen LogP contribution in [0.4, 0.5) is 16.2 Å². The average molecular weight is 662 g/mol. The van der Waals surface area contributed by atoms with E-state index in [1.165, 1.54) is 12.4 Å². The van der Waals surface area contributed by atoms with E-state index in [9.17, 15) is 19.5 Å². The van der Waals surface area contributed by atoms with Crippen molar-refractivity contribution < 1.29 is 33.7 Å². The molecule has 12 heteroatoms. The lowest BCUT2D eigenvalue weighted by molar-refractivity contribution is -0.0115. The van der Waals surface area contributed by atoms with Crippen LogP contribution in [0.5, 0.6) is 11.5 Å². The summed E-state index contributed by atoms with van der Waals surface area (Å²) in [6.45, 7) is 6.43. The van der Waals surface area contributed by atoms with E-state index in [2.05, 4.69) is 15.6 Å². The highest BCUT2D eigenvalue weighted by Crippen LogP contribution is 2.29. The standard InChI is InChI=1S/C36H47N5O7/c1-24-21-41(25(2)23-42)35(44)31-20-29(38-34(43)27-15-17-37-18-16-27)11-14-32(31)48-26(3)8-6-7-19-47-33(24)22-40(4)36(45)39-28-9-12-30(46-5)13-10-28/h9-18,20,24-26,33,42H,6-8,19,21-23H2,1-5H3,(H,38,43)(H,39,45)/t24-,25-,26-,33-/m1/s1. The molecule has 0 spiro atoms. The second-order valence-corrected chi connectivity index (χ2v) is 12.2. The first-order valence-corrected chi connectivity index (χ1v) is 16.3. The fourth-order valence-electron chi connectivity index (χ4n) is 5.42. The van der Waals surface area contributed by atoms with Crippen LogP contribution in [0, 0.1) is 5.92 Å². The number of aliphatic hydroxyl groups is 1. The number of urea groups is 1. The lowest BCUT2D eigenvalue weighted by Crippen LogP contribution is -2.48. The Bertz CT molecular complexity index is 1500. The Hall–Kier alpha value is -4.68. The van der Waals surface area contributed by atoms with E-state index >= 15 is 0 Å². The van der Waals surface area contributed by atoms with Gasteiger partial charge in [0.25, 0.3) is 11.8 Å². The van der Waals surface area contributed by atoms with Crippen molar-refractivity contribution >= 4 is 29.2 Å². The van der Waals surface area contributed by atoms with Crippen molar-refractivity contribution in [3.05, 3.63) is 78.1 Å². The minimum absolute atomic E-state index is 0.192. The Kier molecular flexibility index (Phi) is 13.2. The zero-order chi connectivity index (χ0) is 34.6. The van der Waals surface area contributed by atoms with Gasteiger partial charge in [-0.05, 0) is 87.7 Å². The summed E-state index contributed by atoms with van der Waals surface area (Å²) < 4.78 is 17.9. The number of nitrogens with zero attached hydrogens (tertiary/aromatic N) is 3. The number of likely N-dealkylation sites (N-methyl/N-ethyl adjacent to an activating group) is 1. The molecule has 0 fully saturated rings. The summed E-state index contributed by atoms with van der Waals surface area (Å²) in [6, 6.07) is 14.5. The van der Waals surface area contributed by atoms with Gasteiger partial charge in [0.15, 0.2) is 0 Å². The number of carbonyl (C=O) groups is 3. The number of nitrogens with one attached hydrogen (secondary N) is 2. The van der Waals surface area contributed by atoms with Gasteiger partial charge in [0.1, 0.15) is 11.5 Å². The summed E-state index contributed by atoms with van der Waals surface area (Å²) in [6.07, 6.45) is 4.85. The number of methoxy groups -OCH3 is 1. The molecule has 3 N–H and O–H groups in total. The molecule has 3 aromatic rings. The molecule has 2 aromatic carbocycles. The van der Waals surface area contributed by atoms with Crippen molar-refractivity contribution in [2.45, 2.75) is 58.3 Å². The van der Waals surface area contributed by atoms with E-state index in [1.54, 1.807) is 85.5 Å². The molecule has 1 aromatic heterocycles. The van der Waals surface area contributed by atoms with Crippen molar-refractivity contribution in [1.29, 1.82) is 0 Å². The Morgan fingerprint density at radius 1 is 1.06 bits per heavy atom. The fraction of sp³-hybridized carbons (Fsp3) is 0.444. The number of amides is 4. The first-order chi connectivity index (χ1) is 23.1. The second-order valence-electron chi connectivity index (χ2n) is 12.2. The van der Waals surface area contributed by atoms with Crippen LogP contribution < -0.4 is 20.1 Å². The van der Waals surface area contributed by atoms with Crippen LogP contribution in [-0.2, 0) is 4.74 Å². The zero-order valence-electron chi connectivity index (χ0n) is 28.3. The molecule has 0 radical (unpaired) electrons. The number of ether oxygens (including phenoxy) is 3. The molecule has 0 aliphatic carbocycles. The molecule has 0 saturated heterocycles. The van der Waals surface area contributed by atoms with Crippen LogP contribution in [0.1, 0.15) is 60.7 Å². The minimum atomic E-state index is -0.537. The van der Waals surface area contributed by atoms with Crippen LogP contribution in [0.15, 0.2) is 67.0 Å². The fourth-order valence-corrected chi connectivity index (χ4v) is 5.42. The number of hydrogen-bond donors (Lipinski definition) is 3. The summed E-state index contributed by atoms with van der Waals surface area (Å²) in [7, 11) is 3.29. The zero-order valence-corrected chi connectivity index (χ0v) is 28.3. The van der Waals surface area contributed by atoms with Crippen LogP contribution in [0.2, 0.25) is 0 Å². The maximum absolute atomic E-state index is 14.3. The molecular weight excluding hydrogens is 614 g/mol. The van der Waals surface area contributed by atoms with Crippen molar-refractivity contribution in [1.82, 2.24) is 14.8 Å². The maximum atomic E-state index is 14.3. The van der Waals surface area contributed by atoms with Gasteiger partial charge in [0.2, 0.25) is 0 Å². The first kappa shape index (κ1) is 36.2. The third-order valence-electron chi connectivity index (χ3n) is 8.39. The summed E-state index contributed by atoms with van der Waals surface area (Å²) in [5, 5.41) is 16.0. The topological polar surface area (TPSA) is 143 Å². The molecule has 0 bridgehead atoms. The molecule has 0 saturated carbocycles. The Morgan fingerprint density at radius 3 is 2.46 bits per heavy atom. The summed E-state index contributed by atoms with van der Waals surface area (Å²) >= 11 is 0. The number of carbonyl (C=O) groups excluding carboxylic acids is 3. The van der Waals surface area contributed by atoms with Gasteiger partial charge in [-0.1, -0.05) is 6.92 Å². The largest absolute Gasteiger partial charge is 0.497 e. The van der Waals surface area contributed by atoms with Gasteiger partial charge >= 0.3 is 6.03 Å². The Balaban J connectivity index is 1.58. The van der Waals surface area contributed by atoms with Crippen LogP contribution >= 0.6 is 0 Å². The number of aliphatic hydroxyl groups excluding tert-OH is 1. The Morgan fingerprint density at radius 2 is 1.77 bits per heavy atom. The molecule has 12 nitrogen and oxygen atoms in total. The van der Waals surface area contributed by atoms with Gasteiger partial charge < -0.3 is 39.8 Å². The minimum Gasteiger partial charge on any atom is -0.497 e. The second kappa shape index (κ2) is 17.5. The molecule has 4 amide bonds. The first-order valence-electron chi connectivity index (χ1n) is 16.3. The summed E-state index contributed by atoms with van der Waals surface area (Å²) in [5.74, 6) is 0.173. The van der Waals surface area contributed by atoms with E-state index in [4.69, 9.17) is 14.2 Å². The molecule has 0 unspecified atom stereocenters. The summed E-state index contributed by atoms with van der Waals surface area (Å²) in [4.78, 5) is 47.5. The van der Waals surface area contributed by atoms with E-state index < -0.39 is 12.1 Å².